The Bertz CT molecular complexity index is 714. The highest BCUT2D eigenvalue weighted by atomic mass is 16.5. The van der Waals surface area contributed by atoms with Gasteiger partial charge in [-0.05, 0) is 49.7 Å². The van der Waals surface area contributed by atoms with Crippen LogP contribution in [-0.4, -0.2) is 30.6 Å². The van der Waals surface area contributed by atoms with Gasteiger partial charge in [0.15, 0.2) is 5.96 Å². The molecule has 0 spiro atoms. The Kier molecular flexibility index (Phi) is 7.99. The summed E-state index contributed by atoms with van der Waals surface area (Å²) < 4.78 is 11.2. The molecule has 1 aromatic carbocycles. The first kappa shape index (κ1) is 19.3. The van der Waals surface area contributed by atoms with E-state index in [1.54, 1.807) is 12.3 Å². The van der Waals surface area contributed by atoms with Crippen LogP contribution in [0, 0.1) is 0 Å². The molecule has 0 aliphatic rings. The zero-order valence-electron chi connectivity index (χ0n) is 15.4. The molecular weight excluding hydrogens is 328 g/mol. The van der Waals surface area contributed by atoms with E-state index in [0.717, 1.165) is 23.8 Å². The summed E-state index contributed by atoms with van der Waals surface area (Å²) >= 11 is 0. The molecule has 0 saturated heterocycles. The summed E-state index contributed by atoms with van der Waals surface area (Å²) in [6.07, 6.45) is 3.51. The van der Waals surface area contributed by atoms with Crippen LogP contribution >= 0.6 is 0 Å². The summed E-state index contributed by atoms with van der Waals surface area (Å²) in [7, 11) is 0. The lowest BCUT2D eigenvalue weighted by molar-refractivity contribution is 0.339. The lowest BCUT2D eigenvalue weighted by atomic mass is 10.2. The quantitative estimate of drug-likeness (QED) is 0.410. The van der Waals surface area contributed by atoms with Crippen molar-refractivity contribution in [2.75, 3.05) is 19.7 Å². The van der Waals surface area contributed by atoms with Gasteiger partial charge in [0.1, 0.15) is 11.5 Å². The van der Waals surface area contributed by atoms with Gasteiger partial charge in [-0.3, -0.25) is 0 Å². The SMILES string of the molecule is C=CCNC(=NCc1ccnc(Oc2ccc(OCC)cc2)c1)NCC. The monoisotopic (exact) mass is 354 g/mol. The van der Waals surface area contributed by atoms with Crippen LogP contribution in [-0.2, 0) is 6.54 Å². The van der Waals surface area contributed by atoms with Crippen LogP contribution in [0.2, 0.25) is 0 Å². The Labute approximate surface area is 155 Å². The summed E-state index contributed by atoms with van der Waals surface area (Å²) in [6.45, 7) is 10.3. The lowest BCUT2D eigenvalue weighted by Gasteiger charge is -2.10. The lowest BCUT2D eigenvalue weighted by Crippen LogP contribution is -2.37. The molecule has 0 bridgehead atoms. The fourth-order valence-corrected chi connectivity index (χ4v) is 2.18. The molecule has 0 unspecified atom stereocenters. The van der Waals surface area contributed by atoms with E-state index in [0.29, 0.717) is 31.3 Å². The maximum atomic E-state index is 5.81. The topological polar surface area (TPSA) is 67.8 Å². The van der Waals surface area contributed by atoms with Gasteiger partial charge in [-0.1, -0.05) is 6.08 Å². The van der Waals surface area contributed by atoms with E-state index >= 15 is 0 Å². The Balaban J connectivity index is 2.01. The van der Waals surface area contributed by atoms with E-state index in [2.05, 4.69) is 27.2 Å². The molecule has 1 aromatic heterocycles. The van der Waals surface area contributed by atoms with Crippen molar-refractivity contribution >= 4 is 5.96 Å². The summed E-state index contributed by atoms with van der Waals surface area (Å²) in [4.78, 5) is 8.81. The molecule has 0 atom stereocenters. The molecular formula is C20H26N4O2. The van der Waals surface area contributed by atoms with E-state index in [1.807, 2.05) is 50.2 Å². The number of pyridine rings is 1. The standard InChI is InChI=1S/C20H26N4O2/c1-4-12-23-20(21-5-2)24-15-16-11-13-22-19(14-16)26-18-9-7-17(8-10-18)25-6-3/h4,7-11,13-14H,1,5-6,12,15H2,2-3H3,(H2,21,23,24). The molecule has 26 heavy (non-hydrogen) atoms. The summed E-state index contributed by atoms with van der Waals surface area (Å²) in [5.74, 6) is 2.81. The first-order valence-electron chi connectivity index (χ1n) is 8.73. The number of aliphatic imine (C=N–C) groups is 1. The Morgan fingerprint density at radius 3 is 2.62 bits per heavy atom. The molecule has 6 heteroatoms. The van der Waals surface area contributed by atoms with Gasteiger partial charge >= 0.3 is 0 Å². The third-order valence-electron chi connectivity index (χ3n) is 3.33. The Morgan fingerprint density at radius 2 is 1.92 bits per heavy atom. The zero-order valence-corrected chi connectivity index (χ0v) is 15.4. The number of nitrogens with zero attached hydrogens (tertiary/aromatic N) is 2. The summed E-state index contributed by atoms with van der Waals surface area (Å²) in [5.41, 5.74) is 1.01. The summed E-state index contributed by atoms with van der Waals surface area (Å²) in [5, 5.41) is 6.36. The molecule has 0 aliphatic heterocycles. The van der Waals surface area contributed by atoms with Crippen LogP contribution < -0.4 is 20.1 Å². The number of hydrogen-bond acceptors (Lipinski definition) is 4. The van der Waals surface area contributed by atoms with Crippen LogP contribution in [0.1, 0.15) is 19.4 Å². The van der Waals surface area contributed by atoms with Crippen molar-refractivity contribution in [2.24, 2.45) is 4.99 Å². The predicted octanol–water partition coefficient (Wildman–Crippen LogP) is 3.51. The van der Waals surface area contributed by atoms with E-state index in [1.165, 1.54) is 0 Å². The van der Waals surface area contributed by atoms with Crippen molar-refractivity contribution < 1.29 is 9.47 Å². The highest BCUT2D eigenvalue weighted by Gasteiger charge is 2.02. The molecule has 2 N–H and O–H groups in total. The number of rotatable bonds is 9. The first-order valence-corrected chi connectivity index (χ1v) is 8.73. The average Bonchev–Trinajstić information content (AvgIpc) is 2.66. The zero-order chi connectivity index (χ0) is 18.6. The van der Waals surface area contributed by atoms with E-state index in [9.17, 15) is 0 Å². The van der Waals surface area contributed by atoms with Crippen LogP contribution in [0.25, 0.3) is 0 Å². The molecule has 0 fully saturated rings. The van der Waals surface area contributed by atoms with Crippen LogP contribution in [0.15, 0.2) is 60.2 Å². The maximum Gasteiger partial charge on any atom is 0.219 e. The molecule has 6 nitrogen and oxygen atoms in total. The number of hydrogen-bond donors (Lipinski definition) is 2. The van der Waals surface area contributed by atoms with Gasteiger partial charge in [0.25, 0.3) is 0 Å². The number of guanidine groups is 1. The van der Waals surface area contributed by atoms with E-state index in [4.69, 9.17) is 9.47 Å². The molecule has 2 aromatic rings. The van der Waals surface area contributed by atoms with Gasteiger partial charge in [0, 0.05) is 25.4 Å². The minimum atomic E-state index is 0.522. The fourth-order valence-electron chi connectivity index (χ4n) is 2.18. The molecule has 0 saturated carbocycles. The molecule has 0 radical (unpaired) electrons. The van der Waals surface area contributed by atoms with Crippen LogP contribution in [0.4, 0.5) is 0 Å². The highest BCUT2D eigenvalue weighted by Crippen LogP contribution is 2.23. The van der Waals surface area contributed by atoms with Crippen molar-refractivity contribution in [1.29, 1.82) is 0 Å². The highest BCUT2D eigenvalue weighted by molar-refractivity contribution is 5.79. The third kappa shape index (κ3) is 6.47. The van der Waals surface area contributed by atoms with Crippen LogP contribution in [0.5, 0.6) is 17.4 Å². The number of benzene rings is 1. The van der Waals surface area contributed by atoms with Gasteiger partial charge in [0.05, 0.1) is 13.2 Å². The van der Waals surface area contributed by atoms with Crippen LogP contribution in [0.3, 0.4) is 0 Å². The second-order valence-electron chi connectivity index (χ2n) is 5.37. The van der Waals surface area contributed by atoms with Crippen molar-refractivity contribution in [3.05, 3.63) is 60.8 Å². The van der Waals surface area contributed by atoms with E-state index < -0.39 is 0 Å². The van der Waals surface area contributed by atoms with Gasteiger partial charge in [-0.15, -0.1) is 6.58 Å². The van der Waals surface area contributed by atoms with E-state index in [-0.39, 0.29) is 0 Å². The number of aromatic nitrogens is 1. The normalized spacial score (nSPS) is 10.9. The second kappa shape index (κ2) is 10.8. The molecule has 0 aliphatic carbocycles. The Morgan fingerprint density at radius 1 is 1.15 bits per heavy atom. The fraction of sp³-hybridized carbons (Fsp3) is 0.300. The molecule has 0 amide bonds. The largest absolute Gasteiger partial charge is 0.494 e. The minimum Gasteiger partial charge on any atom is -0.494 e. The average molecular weight is 354 g/mol. The number of ether oxygens (including phenoxy) is 2. The molecule has 1 heterocycles. The minimum absolute atomic E-state index is 0.522. The van der Waals surface area contributed by atoms with Gasteiger partial charge in [0.2, 0.25) is 5.88 Å². The van der Waals surface area contributed by atoms with Gasteiger partial charge in [-0.2, -0.15) is 0 Å². The molecule has 2 rings (SSSR count). The Hall–Kier alpha value is -3.02. The molecule has 138 valence electrons. The second-order valence-corrected chi connectivity index (χ2v) is 5.37. The number of nitrogens with one attached hydrogen (secondary N) is 2. The predicted molar refractivity (Wildman–Crippen MR) is 105 cm³/mol. The smallest absolute Gasteiger partial charge is 0.219 e. The maximum absolute atomic E-state index is 5.81. The van der Waals surface area contributed by atoms with Crippen molar-refractivity contribution in [2.45, 2.75) is 20.4 Å². The first-order chi connectivity index (χ1) is 12.7. The van der Waals surface area contributed by atoms with Crippen molar-refractivity contribution in [3.63, 3.8) is 0 Å². The third-order valence-corrected chi connectivity index (χ3v) is 3.33. The van der Waals surface area contributed by atoms with Gasteiger partial charge in [-0.25, -0.2) is 9.98 Å². The van der Waals surface area contributed by atoms with Crippen molar-refractivity contribution in [1.82, 2.24) is 15.6 Å². The van der Waals surface area contributed by atoms with Gasteiger partial charge < -0.3 is 20.1 Å². The summed E-state index contributed by atoms with van der Waals surface area (Å²) in [6, 6.07) is 11.3. The van der Waals surface area contributed by atoms with Crippen molar-refractivity contribution in [3.8, 4) is 17.4 Å².